The monoisotopic (exact) mass is 501 g/mol. The highest BCUT2D eigenvalue weighted by Crippen LogP contribution is 2.38. The van der Waals surface area contributed by atoms with E-state index in [9.17, 15) is 9.59 Å². The Morgan fingerprint density at radius 3 is 1.97 bits per heavy atom. The molecule has 3 aromatic rings. The van der Waals surface area contributed by atoms with Crippen LogP contribution in [0.1, 0.15) is 22.8 Å². The molecule has 178 valence electrons. The van der Waals surface area contributed by atoms with Gasteiger partial charge in [-0.2, -0.15) is 0 Å². The van der Waals surface area contributed by atoms with Crippen LogP contribution in [0.25, 0.3) is 11.1 Å². The number of hydrogen-bond donors (Lipinski definition) is 1. The zero-order valence-corrected chi connectivity index (χ0v) is 20.6. The topological polar surface area (TPSA) is 73.9 Å². The van der Waals surface area contributed by atoms with Crippen molar-refractivity contribution in [1.29, 1.82) is 0 Å². The Hall–Kier alpha value is -3.22. The maximum absolute atomic E-state index is 12.9. The lowest BCUT2D eigenvalue weighted by Crippen LogP contribution is -2.43. The number of esters is 1. The van der Waals surface area contributed by atoms with Crippen molar-refractivity contribution in [2.45, 2.75) is 19.4 Å². The number of benzene rings is 3. The summed E-state index contributed by atoms with van der Waals surface area (Å²) < 4.78 is 16.2. The lowest BCUT2D eigenvalue weighted by molar-refractivity contribution is -0.145. The van der Waals surface area contributed by atoms with Gasteiger partial charge in [0, 0.05) is 6.42 Å². The molecule has 0 aliphatic heterocycles. The first-order chi connectivity index (χ1) is 16.4. The van der Waals surface area contributed by atoms with E-state index in [1.165, 1.54) is 0 Å². The molecule has 1 atom stereocenters. The summed E-state index contributed by atoms with van der Waals surface area (Å²) in [5, 5.41) is 3.10. The van der Waals surface area contributed by atoms with Crippen molar-refractivity contribution in [2.24, 2.45) is 0 Å². The molecule has 0 radical (unpaired) electrons. The highest BCUT2D eigenvalue weighted by molar-refractivity contribution is 6.39. The number of halogens is 2. The van der Waals surface area contributed by atoms with Gasteiger partial charge in [0.25, 0.3) is 5.91 Å². The minimum Gasteiger partial charge on any atom is -0.496 e. The smallest absolute Gasteiger partial charge is 0.328 e. The van der Waals surface area contributed by atoms with Crippen molar-refractivity contribution in [2.75, 3.05) is 20.8 Å². The van der Waals surface area contributed by atoms with E-state index < -0.39 is 17.9 Å². The maximum atomic E-state index is 12.9. The number of ether oxygens (including phenoxy) is 3. The number of amides is 1. The SMILES string of the molecule is CCOC(=O)[C@H](Cc1ccc(-c2c(OC)cccc2OC)cc1)NC(=O)c1c(Cl)cccc1Cl. The number of carbonyl (C=O) groups excluding carboxylic acids is 2. The Balaban J connectivity index is 1.85. The second-order valence-electron chi connectivity index (χ2n) is 7.31. The summed E-state index contributed by atoms with van der Waals surface area (Å²) in [5.74, 6) is 0.263. The van der Waals surface area contributed by atoms with E-state index in [0.29, 0.717) is 11.5 Å². The van der Waals surface area contributed by atoms with Gasteiger partial charge >= 0.3 is 5.97 Å². The van der Waals surface area contributed by atoms with Gasteiger partial charge in [0.05, 0.1) is 42.0 Å². The van der Waals surface area contributed by atoms with Crippen LogP contribution in [0.2, 0.25) is 10.0 Å². The molecule has 0 aliphatic carbocycles. The summed E-state index contributed by atoms with van der Waals surface area (Å²) in [6.07, 6.45) is 0.218. The van der Waals surface area contributed by atoms with Crippen LogP contribution >= 0.6 is 23.2 Å². The molecule has 0 bridgehead atoms. The van der Waals surface area contributed by atoms with Gasteiger partial charge in [-0.3, -0.25) is 4.79 Å². The molecule has 1 N–H and O–H groups in total. The van der Waals surface area contributed by atoms with Crippen LogP contribution in [0.15, 0.2) is 60.7 Å². The van der Waals surface area contributed by atoms with Gasteiger partial charge < -0.3 is 19.5 Å². The molecule has 0 aliphatic rings. The highest BCUT2D eigenvalue weighted by atomic mass is 35.5. The summed E-state index contributed by atoms with van der Waals surface area (Å²) in [4.78, 5) is 25.5. The van der Waals surface area contributed by atoms with Gasteiger partial charge in [-0.15, -0.1) is 0 Å². The van der Waals surface area contributed by atoms with E-state index in [0.717, 1.165) is 16.7 Å². The van der Waals surface area contributed by atoms with E-state index in [4.69, 9.17) is 37.4 Å². The Kier molecular flexibility index (Phi) is 8.79. The predicted octanol–water partition coefficient (Wildman–Crippen LogP) is 5.58. The Morgan fingerprint density at radius 2 is 1.44 bits per heavy atom. The van der Waals surface area contributed by atoms with Gasteiger partial charge in [0.1, 0.15) is 17.5 Å². The summed E-state index contributed by atoms with van der Waals surface area (Å²) in [6.45, 7) is 1.89. The number of hydrogen-bond acceptors (Lipinski definition) is 5. The van der Waals surface area contributed by atoms with E-state index in [1.807, 2.05) is 42.5 Å². The fourth-order valence-electron chi connectivity index (χ4n) is 3.56. The molecular weight excluding hydrogens is 477 g/mol. The van der Waals surface area contributed by atoms with Crippen LogP contribution in [0.3, 0.4) is 0 Å². The maximum Gasteiger partial charge on any atom is 0.328 e. The molecule has 8 heteroatoms. The van der Waals surface area contributed by atoms with Crippen molar-refractivity contribution in [3.8, 4) is 22.6 Å². The van der Waals surface area contributed by atoms with Gasteiger partial charge in [0.2, 0.25) is 0 Å². The number of nitrogens with one attached hydrogen (secondary N) is 1. The third-order valence-electron chi connectivity index (χ3n) is 5.18. The minimum atomic E-state index is -0.925. The molecule has 3 aromatic carbocycles. The molecule has 34 heavy (non-hydrogen) atoms. The van der Waals surface area contributed by atoms with Crippen molar-refractivity contribution < 1.29 is 23.8 Å². The number of methoxy groups -OCH3 is 2. The van der Waals surface area contributed by atoms with E-state index in [-0.39, 0.29) is 28.6 Å². The lowest BCUT2D eigenvalue weighted by Gasteiger charge is -2.19. The summed E-state index contributed by atoms with van der Waals surface area (Å²) in [6, 6.07) is 17.0. The summed E-state index contributed by atoms with van der Waals surface area (Å²) in [7, 11) is 3.20. The van der Waals surface area contributed by atoms with Gasteiger partial charge in [-0.1, -0.05) is 59.6 Å². The van der Waals surface area contributed by atoms with Gasteiger partial charge in [0.15, 0.2) is 0 Å². The van der Waals surface area contributed by atoms with Gasteiger partial charge in [-0.05, 0) is 42.3 Å². The number of rotatable bonds is 9. The molecule has 0 saturated heterocycles. The number of carbonyl (C=O) groups is 2. The second-order valence-corrected chi connectivity index (χ2v) is 8.13. The Labute approximate surface area is 208 Å². The van der Waals surface area contributed by atoms with Crippen LogP contribution < -0.4 is 14.8 Å². The zero-order chi connectivity index (χ0) is 24.7. The Morgan fingerprint density at radius 1 is 0.882 bits per heavy atom. The minimum absolute atomic E-state index is 0.110. The molecule has 0 fully saturated rings. The third-order valence-corrected chi connectivity index (χ3v) is 5.81. The fraction of sp³-hybridized carbons (Fsp3) is 0.231. The van der Waals surface area contributed by atoms with Gasteiger partial charge in [-0.25, -0.2) is 4.79 Å². The molecule has 0 spiro atoms. The molecule has 3 rings (SSSR count). The van der Waals surface area contributed by atoms with Crippen LogP contribution in [-0.4, -0.2) is 38.7 Å². The molecule has 0 heterocycles. The summed E-state index contributed by atoms with van der Waals surface area (Å²) >= 11 is 12.3. The first-order valence-corrected chi connectivity index (χ1v) is 11.4. The normalized spacial score (nSPS) is 11.4. The zero-order valence-electron chi connectivity index (χ0n) is 19.1. The molecule has 0 saturated carbocycles. The van der Waals surface area contributed by atoms with Crippen LogP contribution in [-0.2, 0) is 16.0 Å². The van der Waals surface area contributed by atoms with Crippen molar-refractivity contribution in [3.63, 3.8) is 0 Å². The highest BCUT2D eigenvalue weighted by Gasteiger charge is 2.25. The molecule has 6 nitrogen and oxygen atoms in total. The molecular formula is C26H25Cl2NO5. The lowest BCUT2D eigenvalue weighted by atomic mass is 9.99. The first kappa shape index (κ1) is 25.4. The van der Waals surface area contributed by atoms with Crippen LogP contribution in [0.5, 0.6) is 11.5 Å². The Bertz CT molecular complexity index is 1120. The van der Waals surface area contributed by atoms with E-state index in [1.54, 1.807) is 39.3 Å². The van der Waals surface area contributed by atoms with Crippen molar-refractivity contribution in [3.05, 3.63) is 81.8 Å². The van der Waals surface area contributed by atoms with Crippen LogP contribution in [0, 0.1) is 0 Å². The standard InChI is InChI=1S/C26H25Cl2NO5/c1-4-34-26(31)20(29-25(30)24-18(27)7-5-8-19(24)28)15-16-11-13-17(14-12-16)23-21(32-2)9-6-10-22(23)33-3/h5-14,20H,4,15H2,1-3H3,(H,29,30)/t20-/m0/s1. The fourth-order valence-corrected chi connectivity index (χ4v) is 4.13. The quantitative estimate of drug-likeness (QED) is 0.387. The molecule has 0 unspecified atom stereocenters. The van der Waals surface area contributed by atoms with Crippen LogP contribution in [0.4, 0.5) is 0 Å². The molecule has 1 amide bonds. The molecule has 0 aromatic heterocycles. The average molecular weight is 502 g/mol. The average Bonchev–Trinajstić information content (AvgIpc) is 2.83. The second kappa shape index (κ2) is 11.8. The largest absolute Gasteiger partial charge is 0.496 e. The summed E-state index contributed by atoms with van der Waals surface area (Å²) in [5.41, 5.74) is 2.64. The predicted molar refractivity (Wildman–Crippen MR) is 133 cm³/mol. The van der Waals surface area contributed by atoms with Crippen molar-refractivity contribution in [1.82, 2.24) is 5.32 Å². The van der Waals surface area contributed by atoms with Crippen molar-refractivity contribution >= 4 is 35.1 Å². The van der Waals surface area contributed by atoms with E-state index in [2.05, 4.69) is 5.32 Å². The van der Waals surface area contributed by atoms with E-state index >= 15 is 0 Å². The first-order valence-electron chi connectivity index (χ1n) is 10.6. The third kappa shape index (κ3) is 5.82.